The lowest BCUT2D eigenvalue weighted by atomic mass is 10.1. The van der Waals surface area contributed by atoms with E-state index in [0.29, 0.717) is 32.3 Å². The zero-order valence-corrected chi connectivity index (χ0v) is 17.0. The molecule has 0 aromatic carbocycles. The average Bonchev–Trinajstić information content (AvgIpc) is 2.71. The molecule has 2 rings (SSSR count). The highest BCUT2D eigenvalue weighted by Crippen LogP contribution is 2.13. The van der Waals surface area contributed by atoms with Gasteiger partial charge in [-0.25, -0.2) is 9.78 Å². The van der Waals surface area contributed by atoms with Crippen LogP contribution in [0.4, 0.5) is 5.82 Å². The van der Waals surface area contributed by atoms with Crippen molar-refractivity contribution in [3.63, 3.8) is 0 Å². The van der Waals surface area contributed by atoms with E-state index in [1.807, 2.05) is 12.1 Å². The molecule has 0 bridgehead atoms. The number of rotatable bonds is 10. The summed E-state index contributed by atoms with van der Waals surface area (Å²) in [4.78, 5) is 30.3. The molecule has 1 N–H and O–H groups in total. The van der Waals surface area contributed by atoms with Crippen molar-refractivity contribution in [3.8, 4) is 0 Å². The molecule has 0 aliphatic carbocycles. The second kappa shape index (κ2) is 11.6. The van der Waals surface area contributed by atoms with E-state index >= 15 is 0 Å². The standard InChI is InChI=1S/C20H31N3O5/c1-15(2)6-9-27-16(3)20(25)28-14-19(24)22-13-17-4-5-18(21-12-17)23-7-10-26-11-8-23/h4-5,12,15-16H,6-11,13-14H2,1-3H3,(H,22,24). The highest BCUT2D eigenvalue weighted by atomic mass is 16.6. The van der Waals surface area contributed by atoms with E-state index in [1.165, 1.54) is 0 Å². The van der Waals surface area contributed by atoms with Crippen molar-refractivity contribution in [2.75, 3.05) is 44.4 Å². The number of ether oxygens (including phenoxy) is 3. The highest BCUT2D eigenvalue weighted by Gasteiger charge is 2.17. The Balaban J connectivity index is 1.65. The first-order valence-corrected chi connectivity index (χ1v) is 9.78. The van der Waals surface area contributed by atoms with Gasteiger partial charge in [0.1, 0.15) is 5.82 Å². The van der Waals surface area contributed by atoms with Crippen LogP contribution in [0.3, 0.4) is 0 Å². The fourth-order valence-corrected chi connectivity index (χ4v) is 2.56. The van der Waals surface area contributed by atoms with Crippen LogP contribution in [0, 0.1) is 5.92 Å². The monoisotopic (exact) mass is 393 g/mol. The molecule has 0 spiro atoms. The fourth-order valence-electron chi connectivity index (χ4n) is 2.56. The number of hydrogen-bond acceptors (Lipinski definition) is 7. The molecule has 1 aromatic rings. The number of carbonyl (C=O) groups is 2. The first kappa shape index (κ1) is 22.1. The Morgan fingerprint density at radius 1 is 1.25 bits per heavy atom. The minimum Gasteiger partial charge on any atom is -0.454 e. The lowest BCUT2D eigenvalue weighted by molar-refractivity contribution is -0.159. The van der Waals surface area contributed by atoms with Gasteiger partial charge in [0.2, 0.25) is 0 Å². The van der Waals surface area contributed by atoms with E-state index in [9.17, 15) is 9.59 Å². The van der Waals surface area contributed by atoms with E-state index < -0.39 is 12.1 Å². The molecule has 156 valence electrons. The third kappa shape index (κ3) is 7.82. The molecule has 0 saturated carbocycles. The van der Waals surface area contributed by atoms with Crippen LogP contribution in [0.5, 0.6) is 0 Å². The lowest BCUT2D eigenvalue weighted by Gasteiger charge is -2.27. The SMILES string of the molecule is CC(C)CCOC(C)C(=O)OCC(=O)NCc1ccc(N2CCOCC2)nc1. The maximum atomic E-state index is 11.9. The van der Waals surface area contributed by atoms with Gasteiger partial charge < -0.3 is 24.4 Å². The van der Waals surface area contributed by atoms with Crippen molar-refractivity contribution in [2.24, 2.45) is 5.92 Å². The van der Waals surface area contributed by atoms with Crippen LogP contribution < -0.4 is 10.2 Å². The molecule has 1 aromatic heterocycles. The number of morpholine rings is 1. The summed E-state index contributed by atoms with van der Waals surface area (Å²) in [7, 11) is 0. The molecule has 1 fully saturated rings. The van der Waals surface area contributed by atoms with Gasteiger partial charge in [-0.15, -0.1) is 0 Å². The quantitative estimate of drug-likeness (QED) is 0.603. The van der Waals surface area contributed by atoms with E-state index in [2.05, 4.69) is 29.0 Å². The predicted molar refractivity (Wildman–Crippen MR) is 105 cm³/mol. The fraction of sp³-hybridized carbons (Fsp3) is 0.650. The number of carbonyl (C=O) groups excluding carboxylic acids is 2. The van der Waals surface area contributed by atoms with Gasteiger partial charge in [0.15, 0.2) is 12.7 Å². The van der Waals surface area contributed by atoms with Crippen molar-refractivity contribution in [3.05, 3.63) is 23.9 Å². The van der Waals surface area contributed by atoms with Gasteiger partial charge in [-0.3, -0.25) is 4.79 Å². The number of nitrogens with one attached hydrogen (secondary N) is 1. The van der Waals surface area contributed by atoms with Gasteiger partial charge in [-0.05, 0) is 30.9 Å². The Morgan fingerprint density at radius 3 is 2.64 bits per heavy atom. The van der Waals surface area contributed by atoms with Gasteiger partial charge in [0.25, 0.3) is 5.91 Å². The van der Waals surface area contributed by atoms with Crippen LogP contribution in [0.2, 0.25) is 0 Å². The third-order valence-electron chi connectivity index (χ3n) is 4.37. The molecule has 8 heteroatoms. The first-order chi connectivity index (χ1) is 13.5. The van der Waals surface area contributed by atoms with Crippen molar-refractivity contribution < 1.29 is 23.8 Å². The topological polar surface area (TPSA) is 90.0 Å². The van der Waals surface area contributed by atoms with Crippen LogP contribution in [-0.4, -0.2) is 62.5 Å². The molecule has 1 amide bonds. The number of amides is 1. The first-order valence-electron chi connectivity index (χ1n) is 9.78. The molecular formula is C20H31N3O5. The Labute approximate surface area is 166 Å². The van der Waals surface area contributed by atoms with Gasteiger partial charge >= 0.3 is 5.97 Å². The minimum atomic E-state index is -0.677. The van der Waals surface area contributed by atoms with Crippen LogP contribution >= 0.6 is 0 Å². The zero-order valence-electron chi connectivity index (χ0n) is 17.0. The van der Waals surface area contributed by atoms with Crippen molar-refractivity contribution >= 4 is 17.7 Å². The van der Waals surface area contributed by atoms with Crippen molar-refractivity contribution in [2.45, 2.75) is 39.8 Å². The molecule has 1 atom stereocenters. The van der Waals surface area contributed by atoms with Gasteiger partial charge in [0.05, 0.1) is 13.2 Å². The van der Waals surface area contributed by atoms with Crippen LogP contribution in [0.1, 0.15) is 32.8 Å². The number of nitrogens with zero attached hydrogens (tertiary/aromatic N) is 2. The number of esters is 1. The molecule has 1 unspecified atom stereocenters. The summed E-state index contributed by atoms with van der Waals surface area (Å²) >= 11 is 0. The predicted octanol–water partition coefficient (Wildman–Crippen LogP) is 1.53. The van der Waals surface area contributed by atoms with Crippen LogP contribution in [-0.2, 0) is 30.3 Å². The number of hydrogen-bond donors (Lipinski definition) is 1. The largest absolute Gasteiger partial charge is 0.454 e. The normalized spacial score (nSPS) is 15.4. The Kier molecular flexibility index (Phi) is 9.16. The third-order valence-corrected chi connectivity index (χ3v) is 4.37. The molecule has 2 heterocycles. The summed E-state index contributed by atoms with van der Waals surface area (Å²) in [6.45, 7) is 9.37. The Bertz CT molecular complexity index is 615. The van der Waals surface area contributed by atoms with E-state index in [0.717, 1.165) is 30.9 Å². The summed E-state index contributed by atoms with van der Waals surface area (Å²) in [6.07, 6.45) is 1.93. The summed E-state index contributed by atoms with van der Waals surface area (Å²) in [5.74, 6) is 0.514. The Hall–Kier alpha value is -2.19. The van der Waals surface area contributed by atoms with Gasteiger partial charge in [-0.1, -0.05) is 19.9 Å². The lowest BCUT2D eigenvalue weighted by Crippen LogP contribution is -2.36. The van der Waals surface area contributed by atoms with Gasteiger partial charge in [0, 0.05) is 32.4 Å². The molecule has 28 heavy (non-hydrogen) atoms. The number of anilines is 1. The maximum Gasteiger partial charge on any atom is 0.335 e. The highest BCUT2D eigenvalue weighted by molar-refractivity contribution is 5.81. The zero-order chi connectivity index (χ0) is 20.4. The number of pyridine rings is 1. The smallest absolute Gasteiger partial charge is 0.335 e. The second-order valence-corrected chi connectivity index (χ2v) is 7.20. The minimum absolute atomic E-state index is 0.323. The summed E-state index contributed by atoms with van der Waals surface area (Å²) in [5.41, 5.74) is 0.877. The summed E-state index contributed by atoms with van der Waals surface area (Å²) in [6, 6.07) is 3.86. The molecule has 1 aliphatic heterocycles. The van der Waals surface area contributed by atoms with E-state index in [-0.39, 0.29) is 12.5 Å². The van der Waals surface area contributed by atoms with Crippen LogP contribution in [0.25, 0.3) is 0 Å². The second-order valence-electron chi connectivity index (χ2n) is 7.20. The van der Waals surface area contributed by atoms with Crippen molar-refractivity contribution in [1.82, 2.24) is 10.3 Å². The molecule has 0 radical (unpaired) electrons. The molecule has 1 saturated heterocycles. The average molecular weight is 393 g/mol. The number of aromatic nitrogens is 1. The van der Waals surface area contributed by atoms with E-state index in [4.69, 9.17) is 14.2 Å². The Morgan fingerprint density at radius 2 is 2.00 bits per heavy atom. The van der Waals surface area contributed by atoms with E-state index in [1.54, 1.807) is 13.1 Å². The molecule has 8 nitrogen and oxygen atoms in total. The van der Waals surface area contributed by atoms with Crippen molar-refractivity contribution in [1.29, 1.82) is 0 Å². The molecule has 1 aliphatic rings. The van der Waals surface area contributed by atoms with Crippen LogP contribution in [0.15, 0.2) is 18.3 Å². The molecular weight excluding hydrogens is 362 g/mol. The summed E-state index contributed by atoms with van der Waals surface area (Å²) < 4.78 is 15.7. The summed E-state index contributed by atoms with van der Waals surface area (Å²) in [5, 5.41) is 2.72. The van der Waals surface area contributed by atoms with Gasteiger partial charge in [-0.2, -0.15) is 0 Å². The maximum absolute atomic E-state index is 11.9.